The Morgan fingerprint density at radius 2 is 2.06 bits per heavy atom. The SMILES string of the molecule is CN1CCCN(C(=O)c2ccc(Cl)cc2I)CC1. The second-order valence-electron chi connectivity index (χ2n) is 4.57. The quantitative estimate of drug-likeness (QED) is 0.702. The highest BCUT2D eigenvalue weighted by Gasteiger charge is 2.20. The van der Waals surface area contributed by atoms with Gasteiger partial charge in [-0.3, -0.25) is 4.79 Å². The van der Waals surface area contributed by atoms with E-state index >= 15 is 0 Å². The molecule has 0 atom stereocenters. The van der Waals surface area contributed by atoms with Crippen molar-refractivity contribution >= 4 is 40.1 Å². The van der Waals surface area contributed by atoms with Crippen molar-refractivity contribution in [3.63, 3.8) is 0 Å². The molecule has 1 aliphatic heterocycles. The van der Waals surface area contributed by atoms with Crippen LogP contribution in [0.15, 0.2) is 18.2 Å². The molecule has 0 radical (unpaired) electrons. The molecule has 1 aromatic carbocycles. The zero-order chi connectivity index (χ0) is 13.1. The van der Waals surface area contributed by atoms with Gasteiger partial charge < -0.3 is 9.80 Å². The van der Waals surface area contributed by atoms with E-state index in [1.807, 2.05) is 17.0 Å². The summed E-state index contributed by atoms with van der Waals surface area (Å²) in [5, 5.41) is 0.673. The number of carbonyl (C=O) groups excluding carboxylic acids is 1. The summed E-state index contributed by atoms with van der Waals surface area (Å²) in [5.41, 5.74) is 0.754. The Bertz CT molecular complexity index is 453. The first kappa shape index (κ1) is 14.1. The minimum atomic E-state index is 0.117. The number of hydrogen-bond donors (Lipinski definition) is 0. The minimum Gasteiger partial charge on any atom is -0.337 e. The van der Waals surface area contributed by atoms with Gasteiger partial charge in [0.15, 0.2) is 0 Å². The fraction of sp³-hybridized carbons (Fsp3) is 0.462. The lowest BCUT2D eigenvalue weighted by Gasteiger charge is -2.21. The average Bonchev–Trinajstić information content (AvgIpc) is 2.53. The summed E-state index contributed by atoms with van der Waals surface area (Å²) in [5.74, 6) is 0.117. The Morgan fingerprint density at radius 3 is 2.78 bits per heavy atom. The predicted octanol–water partition coefficient (Wildman–Crippen LogP) is 2.72. The van der Waals surface area contributed by atoms with E-state index in [1.165, 1.54) is 0 Å². The average molecular weight is 379 g/mol. The molecule has 0 aromatic heterocycles. The van der Waals surface area contributed by atoms with Crippen LogP contribution in [0.3, 0.4) is 0 Å². The maximum atomic E-state index is 12.5. The molecule has 1 fully saturated rings. The fourth-order valence-corrected chi connectivity index (χ4v) is 3.19. The number of halogens is 2. The number of hydrogen-bond acceptors (Lipinski definition) is 2. The molecule has 2 rings (SSSR count). The van der Waals surface area contributed by atoms with Gasteiger partial charge in [-0.15, -0.1) is 0 Å². The summed E-state index contributed by atoms with van der Waals surface area (Å²) < 4.78 is 0.919. The number of nitrogens with zero attached hydrogens (tertiary/aromatic N) is 2. The Hall–Kier alpha value is -0.330. The van der Waals surface area contributed by atoms with Crippen LogP contribution in [0.4, 0.5) is 0 Å². The number of amides is 1. The largest absolute Gasteiger partial charge is 0.337 e. The Kier molecular flexibility index (Phi) is 4.86. The van der Waals surface area contributed by atoms with Crippen LogP contribution >= 0.6 is 34.2 Å². The Labute approximate surface area is 126 Å². The van der Waals surface area contributed by atoms with Gasteiger partial charge in [-0.25, -0.2) is 0 Å². The molecule has 0 unspecified atom stereocenters. The molecule has 0 bridgehead atoms. The predicted molar refractivity (Wildman–Crippen MR) is 82.2 cm³/mol. The van der Waals surface area contributed by atoms with E-state index < -0.39 is 0 Å². The van der Waals surface area contributed by atoms with Gasteiger partial charge in [0.2, 0.25) is 0 Å². The van der Waals surface area contributed by atoms with Crippen LogP contribution in [0.25, 0.3) is 0 Å². The van der Waals surface area contributed by atoms with E-state index in [-0.39, 0.29) is 5.91 Å². The lowest BCUT2D eigenvalue weighted by atomic mass is 10.2. The highest BCUT2D eigenvalue weighted by molar-refractivity contribution is 14.1. The van der Waals surface area contributed by atoms with Gasteiger partial charge in [0.25, 0.3) is 5.91 Å². The van der Waals surface area contributed by atoms with Gasteiger partial charge in [0.1, 0.15) is 0 Å². The molecule has 1 aromatic rings. The Morgan fingerprint density at radius 1 is 1.28 bits per heavy atom. The Balaban J connectivity index is 2.15. The highest BCUT2D eigenvalue weighted by Crippen LogP contribution is 2.20. The summed E-state index contributed by atoms with van der Waals surface area (Å²) in [6, 6.07) is 5.43. The minimum absolute atomic E-state index is 0.117. The zero-order valence-corrected chi connectivity index (χ0v) is 13.2. The second-order valence-corrected chi connectivity index (χ2v) is 6.17. The van der Waals surface area contributed by atoms with Crippen LogP contribution in [0.1, 0.15) is 16.8 Å². The van der Waals surface area contributed by atoms with E-state index in [4.69, 9.17) is 11.6 Å². The van der Waals surface area contributed by atoms with Gasteiger partial charge in [0, 0.05) is 28.2 Å². The van der Waals surface area contributed by atoms with Crippen molar-refractivity contribution in [3.05, 3.63) is 32.4 Å². The van der Waals surface area contributed by atoms with Crippen LogP contribution in [0.5, 0.6) is 0 Å². The number of carbonyl (C=O) groups is 1. The molecule has 5 heteroatoms. The van der Waals surface area contributed by atoms with Gasteiger partial charge in [-0.05, 0) is 60.8 Å². The van der Waals surface area contributed by atoms with Gasteiger partial charge in [0.05, 0.1) is 5.56 Å². The van der Waals surface area contributed by atoms with Crippen molar-refractivity contribution in [1.82, 2.24) is 9.80 Å². The highest BCUT2D eigenvalue weighted by atomic mass is 127. The van der Waals surface area contributed by atoms with E-state index in [1.54, 1.807) is 6.07 Å². The summed E-state index contributed by atoms with van der Waals surface area (Å²) in [7, 11) is 2.10. The summed E-state index contributed by atoms with van der Waals surface area (Å²) in [4.78, 5) is 16.7. The normalized spacial score (nSPS) is 17.6. The standard InChI is InChI=1S/C13H16ClIN2O/c1-16-5-2-6-17(8-7-16)13(18)11-4-3-10(14)9-12(11)15/h3-4,9H,2,5-8H2,1H3. The topological polar surface area (TPSA) is 23.6 Å². The smallest absolute Gasteiger partial charge is 0.254 e. The molecule has 1 saturated heterocycles. The van der Waals surface area contributed by atoms with E-state index in [2.05, 4.69) is 34.5 Å². The maximum absolute atomic E-state index is 12.5. The van der Waals surface area contributed by atoms with Gasteiger partial charge >= 0.3 is 0 Å². The third-order valence-corrected chi connectivity index (χ3v) is 4.30. The first-order chi connectivity index (χ1) is 8.58. The monoisotopic (exact) mass is 378 g/mol. The molecule has 98 valence electrons. The van der Waals surface area contributed by atoms with Crippen molar-refractivity contribution in [2.24, 2.45) is 0 Å². The third kappa shape index (κ3) is 3.36. The molecule has 0 N–H and O–H groups in total. The molecule has 1 amide bonds. The van der Waals surface area contributed by atoms with E-state index in [0.29, 0.717) is 5.02 Å². The molecule has 18 heavy (non-hydrogen) atoms. The van der Waals surface area contributed by atoms with E-state index in [0.717, 1.165) is 41.7 Å². The number of rotatable bonds is 1. The van der Waals surface area contributed by atoms with Crippen molar-refractivity contribution in [3.8, 4) is 0 Å². The summed E-state index contributed by atoms with van der Waals surface area (Å²) in [6.45, 7) is 3.63. The molecule has 0 aliphatic carbocycles. The zero-order valence-electron chi connectivity index (χ0n) is 10.3. The van der Waals surface area contributed by atoms with E-state index in [9.17, 15) is 4.79 Å². The van der Waals surface area contributed by atoms with Crippen LogP contribution in [-0.2, 0) is 0 Å². The molecular weight excluding hydrogens is 363 g/mol. The summed E-state index contributed by atoms with van der Waals surface area (Å²) >= 11 is 8.09. The molecule has 0 saturated carbocycles. The fourth-order valence-electron chi connectivity index (χ4n) is 2.08. The van der Waals surface area contributed by atoms with Crippen LogP contribution in [-0.4, -0.2) is 48.9 Å². The van der Waals surface area contributed by atoms with Crippen LogP contribution < -0.4 is 0 Å². The van der Waals surface area contributed by atoms with Crippen molar-refractivity contribution < 1.29 is 4.79 Å². The first-order valence-corrected chi connectivity index (χ1v) is 7.46. The van der Waals surface area contributed by atoms with Crippen molar-refractivity contribution in [2.75, 3.05) is 33.2 Å². The van der Waals surface area contributed by atoms with Crippen LogP contribution in [0.2, 0.25) is 5.02 Å². The maximum Gasteiger partial charge on any atom is 0.254 e. The second kappa shape index (κ2) is 6.21. The lowest BCUT2D eigenvalue weighted by molar-refractivity contribution is 0.0762. The first-order valence-electron chi connectivity index (χ1n) is 6.01. The van der Waals surface area contributed by atoms with Gasteiger partial charge in [-0.1, -0.05) is 11.6 Å². The van der Waals surface area contributed by atoms with Crippen molar-refractivity contribution in [2.45, 2.75) is 6.42 Å². The summed E-state index contributed by atoms with van der Waals surface area (Å²) in [6.07, 6.45) is 1.03. The molecule has 3 nitrogen and oxygen atoms in total. The molecular formula is C13H16ClIN2O. The van der Waals surface area contributed by atoms with Crippen molar-refractivity contribution in [1.29, 1.82) is 0 Å². The molecule has 1 aliphatic rings. The molecule has 1 heterocycles. The lowest BCUT2D eigenvalue weighted by Crippen LogP contribution is -2.34. The van der Waals surface area contributed by atoms with Crippen LogP contribution in [0, 0.1) is 3.57 Å². The van der Waals surface area contributed by atoms with Gasteiger partial charge in [-0.2, -0.15) is 0 Å². The number of likely N-dealkylation sites (N-methyl/N-ethyl adjacent to an activating group) is 1. The molecule has 0 spiro atoms. The number of benzene rings is 1. The third-order valence-electron chi connectivity index (χ3n) is 3.17.